The minimum atomic E-state index is -3.61. The Balaban J connectivity index is 0.00000200. The monoisotopic (exact) mass is 321 g/mol. The maximum atomic E-state index is 12.1. The fourth-order valence-corrected chi connectivity index (χ4v) is 3.26. The summed E-state index contributed by atoms with van der Waals surface area (Å²) in [7, 11) is -3.61. The van der Waals surface area contributed by atoms with E-state index in [0.29, 0.717) is 6.54 Å². The van der Waals surface area contributed by atoms with Crippen molar-refractivity contribution in [2.24, 2.45) is 0 Å². The summed E-state index contributed by atoms with van der Waals surface area (Å²) >= 11 is 0. The summed E-state index contributed by atoms with van der Waals surface area (Å²) in [5, 5.41) is 13.6. The first-order valence-electron chi connectivity index (χ1n) is 5.96. The molecule has 0 aliphatic carbocycles. The molecule has 0 amide bonds. The lowest BCUT2D eigenvalue weighted by Gasteiger charge is -2.23. The fourth-order valence-electron chi connectivity index (χ4n) is 1.99. The number of piperidine rings is 1. The molecule has 0 spiro atoms. The summed E-state index contributed by atoms with van der Waals surface area (Å²) < 4.78 is 26.7. The van der Waals surface area contributed by atoms with Gasteiger partial charge in [0, 0.05) is 24.7 Å². The van der Waals surface area contributed by atoms with E-state index < -0.39 is 14.9 Å². The number of nitro benzene ring substituents is 1. The number of non-ortho nitro benzene ring substituents is 1. The summed E-state index contributed by atoms with van der Waals surface area (Å²) in [5.41, 5.74) is -0.127. The number of rotatable bonds is 4. The Morgan fingerprint density at radius 1 is 1.30 bits per heavy atom. The molecule has 0 saturated carbocycles. The van der Waals surface area contributed by atoms with Crippen LogP contribution >= 0.6 is 12.4 Å². The topological polar surface area (TPSA) is 101 Å². The highest BCUT2D eigenvalue weighted by Gasteiger charge is 2.22. The van der Waals surface area contributed by atoms with Gasteiger partial charge in [0.2, 0.25) is 10.0 Å². The average Bonchev–Trinajstić information content (AvgIpc) is 2.39. The van der Waals surface area contributed by atoms with Crippen molar-refractivity contribution in [1.29, 1.82) is 0 Å². The third kappa shape index (κ3) is 4.14. The SMILES string of the molecule is Cl.O=[N+]([O-])c1ccc(S(=O)(=O)N[C@@H]2CCCNC2)cc1. The molecule has 1 aromatic carbocycles. The van der Waals surface area contributed by atoms with Gasteiger partial charge in [0.25, 0.3) is 5.69 Å². The highest BCUT2D eigenvalue weighted by atomic mass is 35.5. The molecule has 1 saturated heterocycles. The van der Waals surface area contributed by atoms with Crippen LogP contribution in [0.25, 0.3) is 0 Å². The molecule has 2 rings (SSSR count). The highest BCUT2D eigenvalue weighted by Crippen LogP contribution is 2.16. The van der Waals surface area contributed by atoms with Gasteiger partial charge in [-0.25, -0.2) is 13.1 Å². The molecule has 0 aromatic heterocycles. The van der Waals surface area contributed by atoms with Crippen molar-refractivity contribution in [2.75, 3.05) is 13.1 Å². The summed E-state index contributed by atoms with van der Waals surface area (Å²) in [5.74, 6) is 0. The van der Waals surface area contributed by atoms with Crippen LogP contribution in [-0.2, 0) is 10.0 Å². The number of sulfonamides is 1. The van der Waals surface area contributed by atoms with Crippen molar-refractivity contribution < 1.29 is 13.3 Å². The van der Waals surface area contributed by atoms with Crippen molar-refractivity contribution in [1.82, 2.24) is 10.0 Å². The Morgan fingerprint density at radius 2 is 1.95 bits per heavy atom. The predicted octanol–water partition coefficient (Wildman–Crippen LogP) is 1.05. The van der Waals surface area contributed by atoms with Gasteiger partial charge in [0.15, 0.2) is 0 Å². The Bertz CT molecular complexity index is 556. The van der Waals surface area contributed by atoms with Crippen LogP contribution in [0.15, 0.2) is 29.2 Å². The fraction of sp³-hybridized carbons (Fsp3) is 0.455. The van der Waals surface area contributed by atoms with Gasteiger partial charge in [-0.3, -0.25) is 10.1 Å². The zero-order chi connectivity index (χ0) is 13.9. The lowest BCUT2D eigenvalue weighted by molar-refractivity contribution is -0.384. The molecule has 1 aliphatic heterocycles. The average molecular weight is 322 g/mol. The van der Waals surface area contributed by atoms with Crippen molar-refractivity contribution in [3.8, 4) is 0 Å². The number of halogens is 1. The molecule has 20 heavy (non-hydrogen) atoms. The Hall–Kier alpha value is -1.22. The second-order valence-corrected chi connectivity index (χ2v) is 6.13. The first-order chi connectivity index (χ1) is 8.99. The molecule has 1 aliphatic rings. The van der Waals surface area contributed by atoms with Crippen LogP contribution in [0, 0.1) is 10.1 Å². The number of nitrogens with zero attached hydrogens (tertiary/aromatic N) is 1. The summed E-state index contributed by atoms with van der Waals surface area (Å²) in [6.07, 6.45) is 1.71. The van der Waals surface area contributed by atoms with E-state index in [2.05, 4.69) is 10.0 Å². The van der Waals surface area contributed by atoms with Gasteiger partial charge in [0.1, 0.15) is 0 Å². The highest BCUT2D eigenvalue weighted by molar-refractivity contribution is 7.89. The minimum absolute atomic E-state index is 0. The number of hydrogen-bond donors (Lipinski definition) is 2. The smallest absolute Gasteiger partial charge is 0.269 e. The van der Waals surface area contributed by atoms with Crippen LogP contribution in [0.4, 0.5) is 5.69 Å². The number of benzene rings is 1. The van der Waals surface area contributed by atoms with Gasteiger partial charge < -0.3 is 5.32 Å². The largest absolute Gasteiger partial charge is 0.315 e. The van der Waals surface area contributed by atoms with Crippen LogP contribution in [0.1, 0.15) is 12.8 Å². The molecular formula is C11H16ClN3O4S. The van der Waals surface area contributed by atoms with Crippen LogP contribution in [0.5, 0.6) is 0 Å². The molecule has 112 valence electrons. The Morgan fingerprint density at radius 3 is 2.45 bits per heavy atom. The third-order valence-corrected chi connectivity index (χ3v) is 4.51. The molecule has 2 N–H and O–H groups in total. The third-order valence-electron chi connectivity index (χ3n) is 2.98. The van der Waals surface area contributed by atoms with Gasteiger partial charge >= 0.3 is 0 Å². The molecule has 0 bridgehead atoms. The molecule has 0 radical (unpaired) electrons. The predicted molar refractivity (Wildman–Crippen MR) is 76.6 cm³/mol. The summed E-state index contributed by atoms with van der Waals surface area (Å²) in [6, 6.07) is 4.74. The second-order valence-electron chi connectivity index (χ2n) is 4.42. The van der Waals surface area contributed by atoms with E-state index in [1.807, 2.05) is 0 Å². The van der Waals surface area contributed by atoms with Crippen molar-refractivity contribution in [3.05, 3.63) is 34.4 Å². The van der Waals surface area contributed by atoms with Crippen LogP contribution < -0.4 is 10.0 Å². The van der Waals surface area contributed by atoms with Gasteiger partial charge in [-0.1, -0.05) is 0 Å². The normalized spacial score (nSPS) is 19.1. The molecule has 1 atom stereocenters. The Labute approximate surface area is 123 Å². The van der Waals surface area contributed by atoms with Crippen molar-refractivity contribution >= 4 is 28.1 Å². The van der Waals surface area contributed by atoms with Crippen LogP contribution in [0.3, 0.4) is 0 Å². The number of nitrogens with one attached hydrogen (secondary N) is 2. The van der Waals surface area contributed by atoms with E-state index >= 15 is 0 Å². The first-order valence-corrected chi connectivity index (χ1v) is 7.45. The molecule has 1 aromatic rings. The van der Waals surface area contributed by atoms with Crippen molar-refractivity contribution in [3.63, 3.8) is 0 Å². The van der Waals surface area contributed by atoms with Crippen molar-refractivity contribution in [2.45, 2.75) is 23.8 Å². The van der Waals surface area contributed by atoms with E-state index in [0.717, 1.165) is 19.4 Å². The standard InChI is InChI=1S/C11H15N3O4S.ClH/c15-14(16)10-3-5-11(6-4-10)19(17,18)13-9-2-1-7-12-8-9;/h3-6,9,12-13H,1-2,7-8H2;1H/t9-;/m1./s1. The maximum absolute atomic E-state index is 12.1. The minimum Gasteiger partial charge on any atom is -0.315 e. The van der Waals surface area contributed by atoms with E-state index in [1.165, 1.54) is 24.3 Å². The quantitative estimate of drug-likeness (QED) is 0.637. The second kappa shape index (κ2) is 6.98. The summed E-state index contributed by atoms with van der Waals surface area (Å²) in [6.45, 7) is 1.50. The molecule has 0 unspecified atom stereocenters. The lowest BCUT2D eigenvalue weighted by Crippen LogP contribution is -2.45. The molecule has 1 heterocycles. The van der Waals surface area contributed by atoms with E-state index in [4.69, 9.17) is 0 Å². The zero-order valence-electron chi connectivity index (χ0n) is 10.6. The first kappa shape index (κ1) is 16.8. The maximum Gasteiger partial charge on any atom is 0.269 e. The summed E-state index contributed by atoms with van der Waals surface area (Å²) in [4.78, 5) is 10.00. The number of hydrogen-bond acceptors (Lipinski definition) is 5. The van der Waals surface area contributed by atoms with Gasteiger partial charge in [-0.2, -0.15) is 0 Å². The van der Waals surface area contributed by atoms with Gasteiger partial charge in [-0.15, -0.1) is 12.4 Å². The molecule has 7 nitrogen and oxygen atoms in total. The molecule has 1 fully saturated rings. The van der Waals surface area contributed by atoms with Gasteiger partial charge in [-0.05, 0) is 31.5 Å². The molecular weight excluding hydrogens is 306 g/mol. The van der Waals surface area contributed by atoms with E-state index in [-0.39, 0.29) is 29.0 Å². The van der Waals surface area contributed by atoms with E-state index in [9.17, 15) is 18.5 Å². The van der Waals surface area contributed by atoms with E-state index in [1.54, 1.807) is 0 Å². The van der Waals surface area contributed by atoms with Crippen LogP contribution in [-0.4, -0.2) is 32.5 Å². The number of nitro groups is 1. The zero-order valence-corrected chi connectivity index (χ0v) is 12.2. The lowest BCUT2D eigenvalue weighted by atomic mass is 10.1. The van der Waals surface area contributed by atoms with Gasteiger partial charge in [0.05, 0.1) is 9.82 Å². The molecule has 9 heteroatoms. The Kier molecular flexibility index (Phi) is 5.88. The van der Waals surface area contributed by atoms with Crippen LogP contribution in [0.2, 0.25) is 0 Å².